The van der Waals surface area contributed by atoms with Gasteiger partial charge in [-0.15, -0.1) is 0 Å². The molecule has 1 atom stereocenters. The fourth-order valence-corrected chi connectivity index (χ4v) is 1.82. The average molecular weight is 275 g/mol. The molecule has 0 aliphatic heterocycles. The van der Waals surface area contributed by atoms with Gasteiger partial charge in [-0.25, -0.2) is 0 Å². The van der Waals surface area contributed by atoms with E-state index < -0.39 is 6.10 Å². The predicted molar refractivity (Wildman–Crippen MR) is 62.1 cm³/mol. The van der Waals surface area contributed by atoms with E-state index in [1.165, 1.54) is 0 Å². The number of halogens is 1. The lowest BCUT2D eigenvalue weighted by molar-refractivity contribution is 0.132. The molecule has 1 aromatic carbocycles. The zero-order valence-corrected chi connectivity index (χ0v) is 10.2. The van der Waals surface area contributed by atoms with Crippen LogP contribution in [0.1, 0.15) is 12.0 Å². The summed E-state index contributed by atoms with van der Waals surface area (Å²) < 4.78 is 6.14. The molecule has 0 bridgehead atoms. The number of methoxy groups -OCH3 is 1. The second-order valence-corrected chi connectivity index (χ2v) is 4.24. The van der Waals surface area contributed by atoms with Gasteiger partial charge < -0.3 is 14.9 Å². The Morgan fingerprint density at radius 1 is 1.47 bits per heavy atom. The van der Waals surface area contributed by atoms with Crippen LogP contribution in [0, 0.1) is 0 Å². The fraction of sp³-hybridized carbons (Fsp3) is 0.455. The molecule has 0 saturated heterocycles. The number of rotatable bonds is 5. The molecule has 1 aromatic rings. The lowest BCUT2D eigenvalue weighted by Crippen LogP contribution is -2.12. The van der Waals surface area contributed by atoms with Crippen molar-refractivity contribution < 1.29 is 14.9 Å². The molecule has 84 valence electrons. The van der Waals surface area contributed by atoms with Crippen molar-refractivity contribution in [1.82, 2.24) is 0 Å². The third-order valence-electron chi connectivity index (χ3n) is 2.16. The molecular formula is C11H15BrO3. The zero-order valence-electron chi connectivity index (χ0n) is 8.61. The summed E-state index contributed by atoms with van der Waals surface area (Å²) in [6.07, 6.45) is 0.344. The first-order chi connectivity index (χ1) is 7.17. The van der Waals surface area contributed by atoms with Crippen molar-refractivity contribution in [2.45, 2.75) is 18.9 Å². The average Bonchev–Trinajstić information content (AvgIpc) is 2.18. The summed E-state index contributed by atoms with van der Waals surface area (Å²) in [5.74, 6) is 0.759. The first kappa shape index (κ1) is 12.5. The Morgan fingerprint density at radius 2 is 2.20 bits per heavy atom. The lowest BCUT2D eigenvalue weighted by Gasteiger charge is -2.12. The fourth-order valence-electron chi connectivity index (χ4n) is 1.41. The monoisotopic (exact) mass is 274 g/mol. The van der Waals surface area contributed by atoms with E-state index in [0.717, 1.165) is 15.8 Å². The molecular weight excluding hydrogens is 260 g/mol. The zero-order chi connectivity index (χ0) is 11.3. The Balaban J connectivity index is 2.77. The van der Waals surface area contributed by atoms with Gasteiger partial charge in [-0.2, -0.15) is 0 Å². The van der Waals surface area contributed by atoms with Gasteiger partial charge in [-0.3, -0.25) is 0 Å². The second kappa shape index (κ2) is 6.10. The van der Waals surface area contributed by atoms with Crippen LogP contribution in [-0.2, 0) is 6.42 Å². The highest BCUT2D eigenvalue weighted by Crippen LogP contribution is 2.24. The summed E-state index contributed by atoms with van der Waals surface area (Å²) in [7, 11) is 1.60. The van der Waals surface area contributed by atoms with Crippen LogP contribution in [0.25, 0.3) is 0 Å². The minimum absolute atomic E-state index is 0.00249. The molecule has 1 rings (SSSR count). The largest absolute Gasteiger partial charge is 0.496 e. The third kappa shape index (κ3) is 3.81. The minimum atomic E-state index is -0.529. The minimum Gasteiger partial charge on any atom is -0.496 e. The SMILES string of the molecule is COc1ccc(Br)cc1CC(O)CCO. The Bertz CT molecular complexity index is 315. The van der Waals surface area contributed by atoms with Gasteiger partial charge in [0.05, 0.1) is 13.2 Å². The van der Waals surface area contributed by atoms with Crippen LogP contribution >= 0.6 is 15.9 Å². The van der Waals surface area contributed by atoms with E-state index in [1.54, 1.807) is 7.11 Å². The van der Waals surface area contributed by atoms with E-state index in [0.29, 0.717) is 12.8 Å². The Labute approximate surface area is 97.8 Å². The van der Waals surface area contributed by atoms with Crippen LogP contribution in [0.3, 0.4) is 0 Å². The highest BCUT2D eigenvalue weighted by Gasteiger charge is 2.09. The Hall–Kier alpha value is -0.580. The first-order valence-corrected chi connectivity index (χ1v) is 5.58. The van der Waals surface area contributed by atoms with Crippen molar-refractivity contribution in [3.8, 4) is 5.75 Å². The molecule has 0 radical (unpaired) electrons. The van der Waals surface area contributed by atoms with E-state index in [4.69, 9.17) is 9.84 Å². The number of aliphatic hydroxyl groups is 2. The quantitative estimate of drug-likeness (QED) is 0.860. The molecule has 2 N–H and O–H groups in total. The molecule has 1 unspecified atom stereocenters. The number of ether oxygens (including phenoxy) is 1. The molecule has 4 heteroatoms. The molecule has 0 heterocycles. The normalized spacial score (nSPS) is 12.5. The van der Waals surface area contributed by atoms with Crippen molar-refractivity contribution in [2.75, 3.05) is 13.7 Å². The highest BCUT2D eigenvalue weighted by atomic mass is 79.9. The molecule has 15 heavy (non-hydrogen) atoms. The Kier molecular flexibility index (Phi) is 5.08. The van der Waals surface area contributed by atoms with Crippen LogP contribution in [0.2, 0.25) is 0 Å². The van der Waals surface area contributed by atoms with E-state index in [2.05, 4.69) is 15.9 Å². The summed E-state index contributed by atoms with van der Waals surface area (Å²) in [6.45, 7) is -0.00249. The molecule has 0 amide bonds. The summed E-state index contributed by atoms with van der Waals surface area (Å²) in [6, 6.07) is 5.66. The lowest BCUT2D eigenvalue weighted by atomic mass is 10.1. The van der Waals surface area contributed by atoms with Crippen molar-refractivity contribution in [3.05, 3.63) is 28.2 Å². The molecule has 0 aliphatic carbocycles. The molecule has 3 nitrogen and oxygen atoms in total. The second-order valence-electron chi connectivity index (χ2n) is 3.33. The maximum Gasteiger partial charge on any atom is 0.122 e. The standard InChI is InChI=1S/C11H15BrO3/c1-15-11-3-2-9(12)6-8(11)7-10(14)4-5-13/h2-3,6,10,13-14H,4-5,7H2,1H3. The van der Waals surface area contributed by atoms with Gasteiger partial charge in [0.25, 0.3) is 0 Å². The van der Waals surface area contributed by atoms with Crippen LogP contribution in [0.15, 0.2) is 22.7 Å². The van der Waals surface area contributed by atoms with Gasteiger partial charge >= 0.3 is 0 Å². The van der Waals surface area contributed by atoms with E-state index >= 15 is 0 Å². The van der Waals surface area contributed by atoms with Crippen LogP contribution in [-0.4, -0.2) is 30.0 Å². The predicted octanol–water partition coefficient (Wildman–Crippen LogP) is 1.74. The number of hydrogen-bond acceptors (Lipinski definition) is 3. The van der Waals surface area contributed by atoms with Crippen molar-refractivity contribution in [1.29, 1.82) is 0 Å². The van der Waals surface area contributed by atoms with E-state index in [9.17, 15) is 5.11 Å². The summed E-state index contributed by atoms with van der Waals surface area (Å²) in [4.78, 5) is 0. The summed E-state index contributed by atoms with van der Waals surface area (Å²) >= 11 is 3.37. The van der Waals surface area contributed by atoms with Crippen molar-refractivity contribution in [3.63, 3.8) is 0 Å². The Morgan fingerprint density at radius 3 is 2.80 bits per heavy atom. The van der Waals surface area contributed by atoms with Gasteiger partial charge in [-0.1, -0.05) is 15.9 Å². The number of hydrogen-bond donors (Lipinski definition) is 2. The van der Waals surface area contributed by atoms with Crippen molar-refractivity contribution >= 4 is 15.9 Å². The van der Waals surface area contributed by atoms with Crippen LogP contribution < -0.4 is 4.74 Å². The van der Waals surface area contributed by atoms with Gasteiger partial charge in [-0.05, 0) is 30.2 Å². The maximum absolute atomic E-state index is 9.58. The smallest absolute Gasteiger partial charge is 0.122 e. The number of aliphatic hydroxyl groups excluding tert-OH is 2. The topological polar surface area (TPSA) is 49.7 Å². The maximum atomic E-state index is 9.58. The molecule has 0 saturated carbocycles. The van der Waals surface area contributed by atoms with Gasteiger partial charge in [0.1, 0.15) is 5.75 Å². The molecule has 0 fully saturated rings. The summed E-state index contributed by atoms with van der Waals surface area (Å²) in [5.41, 5.74) is 0.938. The van der Waals surface area contributed by atoms with Crippen LogP contribution in [0.5, 0.6) is 5.75 Å². The van der Waals surface area contributed by atoms with Crippen LogP contribution in [0.4, 0.5) is 0 Å². The van der Waals surface area contributed by atoms with E-state index in [1.807, 2.05) is 18.2 Å². The van der Waals surface area contributed by atoms with Gasteiger partial charge in [0.15, 0.2) is 0 Å². The molecule has 0 aromatic heterocycles. The van der Waals surface area contributed by atoms with Gasteiger partial charge in [0, 0.05) is 17.5 Å². The summed E-state index contributed by atoms with van der Waals surface area (Å²) in [5, 5.41) is 18.3. The third-order valence-corrected chi connectivity index (χ3v) is 2.65. The highest BCUT2D eigenvalue weighted by molar-refractivity contribution is 9.10. The molecule has 0 aliphatic rings. The van der Waals surface area contributed by atoms with Crippen molar-refractivity contribution in [2.24, 2.45) is 0 Å². The molecule has 0 spiro atoms. The number of benzene rings is 1. The first-order valence-electron chi connectivity index (χ1n) is 4.78. The van der Waals surface area contributed by atoms with Gasteiger partial charge in [0.2, 0.25) is 0 Å². The van der Waals surface area contributed by atoms with E-state index in [-0.39, 0.29) is 6.61 Å².